The van der Waals surface area contributed by atoms with Crippen LogP contribution in [0.5, 0.6) is 0 Å². The van der Waals surface area contributed by atoms with Gasteiger partial charge in [0.1, 0.15) is 0 Å². The van der Waals surface area contributed by atoms with Gasteiger partial charge in [-0.3, -0.25) is 4.79 Å². The number of Topliss-reactive ketones (excluding diaryl/α,β-unsaturated/α-hetero) is 1. The number of carbonyl (C=O) groups excluding carboxylic acids is 1. The molecule has 11 nitrogen and oxygen atoms in total. The van der Waals surface area contributed by atoms with Crippen LogP contribution in [0.2, 0.25) is 0 Å². The van der Waals surface area contributed by atoms with E-state index in [0.29, 0.717) is 34.9 Å². The van der Waals surface area contributed by atoms with Gasteiger partial charge >= 0.3 is 0 Å². The third-order valence-electron chi connectivity index (χ3n) is 3.24. The number of aromatic nitrogens is 8. The minimum atomic E-state index is 0.0873. The molecule has 0 amide bonds. The molecule has 0 atom stereocenters. The zero-order valence-corrected chi connectivity index (χ0v) is 17.1. The summed E-state index contributed by atoms with van der Waals surface area (Å²) in [5.41, 5.74) is 0. The second-order valence-corrected chi connectivity index (χ2v) is 7.98. The first kappa shape index (κ1) is 20.7. The van der Waals surface area contributed by atoms with Gasteiger partial charge in [-0.15, -0.1) is 10.2 Å². The summed E-state index contributed by atoms with van der Waals surface area (Å²) in [7, 11) is 7.96. The van der Waals surface area contributed by atoms with E-state index >= 15 is 0 Å². The van der Waals surface area contributed by atoms with E-state index in [9.17, 15) is 4.79 Å². The monoisotopic (exact) mass is 400 g/mol. The molecule has 0 saturated heterocycles. The first-order valence-corrected chi connectivity index (χ1v) is 10.0. The molecule has 0 spiro atoms. The van der Waals surface area contributed by atoms with Crippen molar-refractivity contribution in [2.24, 2.45) is 0 Å². The Bertz CT molecular complexity index is 630. The lowest BCUT2D eigenvalue weighted by Gasteiger charge is -2.10. The quantitative estimate of drug-likeness (QED) is 0.419. The number of ketones is 1. The fourth-order valence-electron chi connectivity index (χ4n) is 1.80. The first-order chi connectivity index (χ1) is 12.5. The number of rotatable bonds is 12. The van der Waals surface area contributed by atoms with Crippen molar-refractivity contribution >= 4 is 29.3 Å². The molecule has 0 saturated carbocycles. The average molecular weight is 401 g/mol. The highest BCUT2D eigenvalue weighted by Crippen LogP contribution is 2.17. The third kappa shape index (κ3) is 6.97. The Hall–Kier alpha value is -1.57. The second kappa shape index (κ2) is 10.5. The lowest BCUT2D eigenvalue weighted by molar-refractivity contribution is -0.114. The maximum absolute atomic E-state index is 12.2. The van der Waals surface area contributed by atoms with E-state index in [4.69, 9.17) is 0 Å². The fraction of sp³-hybridized carbons (Fsp3) is 0.769. The van der Waals surface area contributed by atoms with Gasteiger partial charge in [-0.2, -0.15) is 0 Å². The van der Waals surface area contributed by atoms with E-state index in [1.54, 1.807) is 9.36 Å². The minimum absolute atomic E-state index is 0.0873. The smallest absolute Gasteiger partial charge is 0.209 e. The SMILES string of the molecule is CN(C)CCn1nnnc1SCC(=O)CSc1nnnn1CCN(C)C. The topological polar surface area (TPSA) is 111 Å². The van der Waals surface area contributed by atoms with Crippen molar-refractivity contribution in [2.45, 2.75) is 23.4 Å². The van der Waals surface area contributed by atoms with Crippen molar-refractivity contribution in [1.82, 2.24) is 50.2 Å². The normalized spacial score (nSPS) is 11.6. The highest BCUT2D eigenvalue weighted by atomic mass is 32.2. The predicted molar refractivity (Wildman–Crippen MR) is 99.2 cm³/mol. The van der Waals surface area contributed by atoms with E-state index in [1.165, 1.54) is 23.5 Å². The van der Waals surface area contributed by atoms with Crippen LogP contribution in [-0.4, -0.2) is 109 Å². The summed E-state index contributed by atoms with van der Waals surface area (Å²) >= 11 is 2.70. The number of nitrogens with zero attached hydrogens (tertiary/aromatic N) is 10. The number of likely N-dealkylation sites (N-methyl/N-ethyl adjacent to an activating group) is 2. The number of carbonyl (C=O) groups is 1. The largest absolute Gasteiger partial charge is 0.308 e. The highest BCUT2D eigenvalue weighted by molar-refractivity contribution is 8.01. The van der Waals surface area contributed by atoms with Gasteiger partial charge in [0.25, 0.3) is 0 Å². The molecule has 2 aromatic rings. The van der Waals surface area contributed by atoms with Crippen molar-refractivity contribution in [2.75, 3.05) is 52.8 Å². The summed E-state index contributed by atoms with van der Waals surface area (Å²) in [6.07, 6.45) is 0. The van der Waals surface area contributed by atoms with Crippen LogP contribution in [0.25, 0.3) is 0 Å². The molecule has 13 heteroatoms. The van der Waals surface area contributed by atoms with Crippen LogP contribution in [0.4, 0.5) is 0 Å². The van der Waals surface area contributed by atoms with Gasteiger partial charge in [-0.1, -0.05) is 23.5 Å². The number of hydrogen-bond donors (Lipinski definition) is 0. The lowest BCUT2D eigenvalue weighted by Crippen LogP contribution is -2.20. The lowest BCUT2D eigenvalue weighted by atomic mass is 10.5. The molecule has 0 N–H and O–H groups in total. The summed E-state index contributed by atoms with van der Waals surface area (Å²) in [6, 6.07) is 0. The van der Waals surface area contributed by atoms with Crippen molar-refractivity contribution < 1.29 is 4.79 Å². The Labute approximate surface area is 160 Å². The van der Waals surface area contributed by atoms with E-state index in [-0.39, 0.29) is 5.78 Å². The maximum Gasteiger partial charge on any atom is 0.209 e. The second-order valence-electron chi connectivity index (χ2n) is 6.09. The summed E-state index contributed by atoms with van der Waals surface area (Å²) in [5.74, 6) is 0.716. The van der Waals surface area contributed by atoms with Crippen LogP contribution >= 0.6 is 23.5 Å². The van der Waals surface area contributed by atoms with Crippen LogP contribution in [0, 0.1) is 0 Å². The Balaban J connectivity index is 1.76. The highest BCUT2D eigenvalue weighted by Gasteiger charge is 2.13. The molecule has 26 heavy (non-hydrogen) atoms. The molecule has 2 heterocycles. The molecule has 0 aromatic carbocycles. The number of thioether (sulfide) groups is 2. The molecule has 0 aliphatic rings. The number of hydrogen-bond acceptors (Lipinski definition) is 11. The molecule has 0 fully saturated rings. The van der Waals surface area contributed by atoms with Gasteiger partial charge < -0.3 is 9.80 Å². The van der Waals surface area contributed by atoms with E-state index in [1.807, 2.05) is 28.2 Å². The zero-order chi connectivity index (χ0) is 18.9. The fourth-order valence-corrected chi connectivity index (χ4v) is 3.46. The van der Waals surface area contributed by atoms with Crippen LogP contribution in [0.1, 0.15) is 0 Å². The standard InChI is InChI=1S/C13H24N10OS2/c1-20(2)5-7-22-12(14-16-18-22)25-9-11(24)10-26-13-15-17-19-23(13)8-6-21(3)4/h5-10H2,1-4H3. The Kier molecular flexibility index (Phi) is 8.41. The van der Waals surface area contributed by atoms with E-state index < -0.39 is 0 Å². The number of tetrazole rings is 2. The average Bonchev–Trinajstić information content (AvgIpc) is 3.23. The molecule has 144 valence electrons. The van der Waals surface area contributed by atoms with Gasteiger partial charge in [-0.05, 0) is 49.0 Å². The molecule has 0 unspecified atom stereocenters. The van der Waals surface area contributed by atoms with Crippen LogP contribution in [0.15, 0.2) is 10.3 Å². The van der Waals surface area contributed by atoms with Gasteiger partial charge in [0, 0.05) is 13.1 Å². The Morgan fingerprint density at radius 2 is 1.27 bits per heavy atom. The minimum Gasteiger partial charge on any atom is -0.308 e. The van der Waals surface area contributed by atoms with Crippen LogP contribution < -0.4 is 0 Å². The van der Waals surface area contributed by atoms with Gasteiger partial charge in [-0.25, -0.2) is 9.36 Å². The summed E-state index contributed by atoms with van der Waals surface area (Å²) < 4.78 is 3.43. The molecular formula is C13H24N10OS2. The van der Waals surface area contributed by atoms with Gasteiger partial charge in [0.05, 0.1) is 24.6 Å². The van der Waals surface area contributed by atoms with Crippen LogP contribution in [-0.2, 0) is 17.9 Å². The molecular weight excluding hydrogens is 376 g/mol. The van der Waals surface area contributed by atoms with Crippen LogP contribution in [0.3, 0.4) is 0 Å². The van der Waals surface area contributed by atoms with Gasteiger partial charge in [0.15, 0.2) is 5.78 Å². The van der Waals surface area contributed by atoms with Crippen molar-refractivity contribution in [3.8, 4) is 0 Å². The van der Waals surface area contributed by atoms with E-state index in [0.717, 1.165) is 13.1 Å². The molecule has 0 bridgehead atoms. The van der Waals surface area contributed by atoms with Crippen molar-refractivity contribution in [3.63, 3.8) is 0 Å². The van der Waals surface area contributed by atoms with Crippen molar-refractivity contribution in [1.29, 1.82) is 0 Å². The summed E-state index contributed by atoms with van der Waals surface area (Å²) in [6.45, 7) is 3.04. The van der Waals surface area contributed by atoms with E-state index in [2.05, 4.69) is 40.9 Å². The predicted octanol–water partition coefficient (Wildman–Crippen LogP) is -0.764. The Morgan fingerprint density at radius 3 is 1.65 bits per heavy atom. The van der Waals surface area contributed by atoms with Gasteiger partial charge in [0.2, 0.25) is 10.3 Å². The molecule has 2 aromatic heterocycles. The molecule has 0 aliphatic carbocycles. The first-order valence-electron chi connectivity index (χ1n) is 8.05. The molecule has 0 aliphatic heterocycles. The molecule has 2 rings (SSSR count). The summed E-state index contributed by atoms with van der Waals surface area (Å²) in [5, 5.41) is 24.5. The van der Waals surface area contributed by atoms with Crippen molar-refractivity contribution in [3.05, 3.63) is 0 Å². The Morgan fingerprint density at radius 1 is 0.846 bits per heavy atom. The third-order valence-corrected chi connectivity index (χ3v) is 5.27. The summed E-state index contributed by atoms with van der Waals surface area (Å²) in [4.78, 5) is 16.3. The molecule has 0 radical (unpaired) electrons. The zero-order valence-electron chi connectivity index (χ0n) is 15.4. The maximum atomic E-state index is 12.2.